The van der Waals surface area contributed by atoms with E-state index in [1.54, 1.807) is 31.2 Å². The number of hydrogen-bond donors (Lipinski definition) is 1. The van der Waals surface area contributed by atoms with Crippen LogP contribution in [0.25, 0.3) is 0 Å². The molecule has 5 nitrogen and oxygen atoms in total. The maximum atomic E-state index is 12.3. The topological polar surface area (TPSA) is 72.8 Å². The Labute approximate surface area is 126 Å². The first-order valence-corrected chi connectivity index (χ1v) is 6.94. The number of benzene rings is 1. The van der Waals surface area contributed by atoms with Crippen molar-refractivity contribution in [2.75, 3.05) is 20.3 Å². The number of ether oxygens (including phenoxy) is 2. The highest BCUT2D eigenvalue weighted by atomic mass is 79.9. The standard InChI is InChI=1S/C14H17BrO5/c1-3-20-13(18)14(12(16)17,8-9-19-2)10-6-4-5-7-11(10)15/h4-7H,3,8-9H2,1-2H3,(H,16,17). The van der Waals surface area contributed by atoms with E-state index in [2.05, 4.69) is 15.9 Å². The van der Waals surface area contributed by atoms with Crippen molar-refractivity contribution >= 4 is 27.9 Å². The molecule has 1 rings (SSSR count). The smallest absolute Gasteiger partial charge is 0.328 e. The van der Waals surface area contributed by atoms with E-state index >= 15 is 0 Å². The number of halogens is 1. The highest BCUT2D eigenvalue weighted by Crippen LogP contribution is 2.35. The lowest BCUT2D eigenvalue weighted by Crippen LogP contribution is -2.46. The minimum Gasteiger partial charge on any atom is -0.480 e. The Morgan fingerprint density at radius 3 is 2.50 bits per heavy atom. The molecule has 1 unspecified atom stereocenters. The molecule has 0 saturated heterocycles. The third kappa shape index (κ3) is 3.19. The van der Waals surface area contributed by atoms with Gasteiger partial charge in [-0.25, -0.2) is 0 Å². The van der Waals surface area contributed by atoms with Crippen LogP contribution in [0.5, 0.6) is 0 Å². The predicted octanol–water partition coefficient (Wildman–Crippen LogP) is 2.37. The Balaban J connectivity index is 3.40. The lowest BCUT2D eigenvalue weighted by Gasteiger charge is -2.28. The average Bonchev–Trinajstić information content (AvgIpc) is 2.41. The zero-order valence-corrected chi connectivity index (χ0v) is 13.0. The van der Waals surface area contributed by atoms with Gasteiger partial charge < -0.3 is 14.6 Å². The van der Waals surface area contributed by atoms with Gasteiger partial charge in [0, 0.05) is 24.6 Å². The molecule has 0 bridgehead atoms. The number of hydrogen-bond acceptors (Lipinski definition) is 4. The molecule has 0 aliphatic rings. The highest BCUT2D eigenvalue weighted by Gasteiger charge is 2.50. The van der Waals surface area contributed by atoms with Crippen molar-refractivity contribution < 1.29 is 24.2 Å². The van der Waals surface area contributed by atoms with Gasteiger partial charge in [-0.2, -0.15) is 0 Å². The van der Waals surface area contributed by atoms with Gasteiger partial charge in [0.05, 0.1) is 6.61 Å². The summed E-state index contributed by atoms with van der Waals surface area (Å²) in [5, 5.41) is 9.65. The molecule has 0 amide bonds. The SMILES string of the molecule is CCOC(=O)C(CCOC)(C(=O)O)c1ccccc1Br. The number of carboxylic acids is 1. The van der Waals surface area contributed by atoms with Gasteiger partial charge in [0.25, 0.3) is 0 Å². The quantitative estimate of drug-likeness (QED) is 0.607. The summed E-state index contributed by atoms with van der Waals surface area (Å²) in [4.78, 5) is 24.1. The summed E-state index contributed by atoms with van der Waals surface area (Å²) < 4.78 is 10.5. The molecule has 1 N–H and O–H groups in total. The van der Waals surface area contributed by atoms with E-state index in [-0.39, 0.29) is 19.6 Å². The minimum absolute atomic E-state index is 0.000278. The van der Waals surface area contributed by atoms with E-state index in [1.807, 2.05) is 0 Å². The van der Waals surface area contributed by atoms with E-state index < -0.39 is 17.4 Å². The van der Waals surface area contributed by atoms with E-state index in [4.69, 9.17) is 9.47 Å². The molecule has 1 aromatic carbocycles. The van der Waals surface area contributed by atoms with Gasteiger partial charge in [0.1, 0.15) is 0 Å². The molecule has 6 heteroatoms. The molecular formula is C14H17BrO5. The first-order chi connectivity index (χ1) is 9.50. The van der Waals surface area contributed by atoms with E-state index in [1.165, 1.54) is 7.11 Å². The van der Waals surface area contributed by atoms with Gasteiger partial charge in [-0.1, -0.05) is 34.1 Å². The Bertz CT molecular complexity index is 488. The van der Waals surface area contributed by atoms with Crippen molar-refractivity contribution in [1.29, 1.82) is 0 Å². The number of aliphatic carboxylic acids is 1. The van der Waals surface area contributed by atoms with Crippen LogP contribution in [0.4, 0.5) is 0 Å². The lowest BCUT2D eigenvalue weighted by atomic mass is 9.77. The Morgan fingerprint density at radius 1 is 1.35 bits per heavy atom. The fourth-order valence-corrected chi connectivity index (χ4v) is 2.60. The summed E-state index contributed by atoms with van der Waals surface area (Å²) in [5.41, 5.74) is -1.41. The summed E-state index contributed by atoms with van der Waals surface area (Å²) >= 11 is 3.30. The van der Waals surface area contributed by atoms with Crippen molar-refractivity contribution in [2.45, 2.75) is 18.8 Å². The maximum Gasteiger partial charge on any atom is 0.328 e. The fourth-order valence-electron chi connectivity index (χ4n) is 1.97. The van der Waals surface area contributed by atoms with Crippen LogP contribution in [0, 0.1) is 0 Å². The van der Waals surface area contributed by atoms with Crippen molar-refractivity contribution in [1.82, 2.24) is 0 Å². The Hall–Kier alpha value is -1.40. The number of carboxylic acid groups (broad SMARTS) is 1. The fraction of sp³-hybridized carbons (Fsp3) is 0.429. The van der Waals surface area contributed by atoms with Gasteiger partial charge in [-0.3, -0.25) is 9.59 Å². The van der Waals surface area contributed by atoms with E-state index in [0.29, 0.717) is 10.0 Å². The zero-order valence-electron chi connectivity index (χ0n) is 11.4. The van der Waals surface area contributed by atoms with Crippen LogP contribution in [-0.4, -0.2) is 37.4 Å². The van der Waals surface area contributed by atoms with Gasteiger partial charge in [0.2, 0.25) is 0 Å². The monoisotopic (exact) mass is 344 g/mol. The summed E-state index contributed by atoms with van der Waals surface area (Å²) in [6.07, 6.45) is 0.000278. The lowest BCUT2D eigenvalue weighted by molar-refractivity contribution is -0.162. The Kier molecular flexibility index (Phi) is 6.16. The van der Waals surface area contributed by atoms with Gasteiger partial charge >= 0.3 is 11.9 Å². The molecular weight excluding hydrogens is 328 g/mol. The van der Waals surface area contributed by atoms with Crippen molar-refractivity contribution in [2.24, 2.45) is 0 Å². The minimum atomic E-state index is -1.77. The predicted molar refractivity (Wildman–Crippen MR) is 76.6 cm³/mol. The summed E-state index contributed by atoms with van der Waals surface area (Å²) in [6, 6.07) is 6.73. The second kappa shape index (κ2) is 7.40. The van der Waals surface area contributed by atoms with Crippen molar-refractivity contribution in [3.63, 3.8) is 0 Å². The average molecular weight is 345 g/mol. The maximum absolute atomic E-state index is 12.3. The third-order valence-corrected chi connectivity index (χ3v) is 3.70. The van der Waals surface area contributed by atoms with Crippen LogP contribution < -0.4 is 0 Å². The molecule has 0 aliphatic heterocycles. The van der Waals surface area contributed by atoms with Crippen LogP contribution in [0.3, 0.4) is 0 Å². The third-order valence-electron chi connectivity index (χ3n) is 3.00. The number of methoxy groups -OCH3 is 1. The molecule has 0 saturated carbocycles. The largest absolute Gasteiger partial charge is 0.480 e. The molecule has 1 atom stereocenters. The molecule has 0 radical (unpaired) electrons. The second-order valence-electron chi connectivity index (χ2n) is 4.15. The first-order valence-electron chi connectivity index (χ1n) is 6.15. The molecule has 0 heterocycles. The van der Waals surface area contributed by atoms with Gasteiger partial charge in [-0.05, 0) is 18.6 Å². The summed E-state index contributed by atoms with van der Waals surface area (Å²) in [6.45, 7) is 1.89. The number of esters is 1. The zero-order chi connectivity index (χ0) is 15.2. The van der Waals surface area contributed by atoms with Crippen molar-refractivity contribution in [3.8, 4) is 0 Å². The van der Waals surface area contributed by atoms with Crippen molar-refractivity contribution in [3.05, 3.63) is 34.3 Å². The van der Waals surface area contributed by atoms with E-state index in [0.717, 1.165) is 0 Å². The number of carbonyl (C=O) groups excluding carboxylic acids is 1. The summed E-state index contributed by atoms with van der Waals surface area (Å²) in [7, 11) is 1.46. The molecule has 0 aliphatic carbocycles. The Morgan fingerprint density at radius 2 is 2.00 bits per heavy atom. The van der Waals surface area contributed by atoms with Crippen LogP contribution in [0.1, 0.15) is 18.9 Å². The van der Waals surface area contributed by atoms with E-state index in [9.17, 15) is 14.7 Å². The van der Waals surface area contributed by atoms with Gasteiger partial charge in [0.15, 0.2) is 5.41 Å². The van der Waals surface area contributed by atoms with Crippen LogP contribution in [0.15, 0.2) is 28.7 Å². The molecule has 1 aromatic rings. The van der Waals surface area contributed by atoms with Gasteiger partial charge in [-0.15, -0.1) is 0 Å². The molecule has 110 valence electrons. The molecule has 0 spiro atoms. The second-order valence-corrected chi connectivity index (χ2v) is 5.01. The summed E-state index contributed by atoms with van der Waals surface area (Å²) in [5.74, 6) is -2.03. The molecule has 0 fully saturated rings. The highest BCUT2D eigenvalue weighted by molar-refractivity contribution is 9.10. The molecule has 0 aromatic heterocycles. The molecule has 20 heavy (non-hydrogen) atoms. The van der Waals surface area contributed by atoms with Crippen LogP contribution in [-0.2, 0) is 24.5 Å². The number of carbonyl (C=O) groups is 2. The number of rotatable bonds is 7. The van der Waals surface area contributed by atoms with Crippen LogP contribution >= 0.6 is 15.9 Å². The first kappa shape index (κ1) is 16.7. The van der Waals surface area contributed by atoms with Crippen LogP contribution in [0.2, 0.25) is 0 Å². The normalized spacial score (nSPS) is 13.6.